The Balaban J connectivity index is 1.92. The predicted molar refractivity (Wildman–Crippen MR) is 76.4 cm³/mol. The summed E-state index contributed by atoms with van der Waals surface area (Å²) in [6.45, 7) is 0.739. The molecule has 0 aliphatic rings. The molecule has 0 aliphatic carbocycles. The third kappa shape index (κ3) is 3.96. The van der Waals surface area contributed by atoms with Crippen molar-refractivity contribution in [3.8, 4) is 0 Å². The topological polar surface area (TPSA) is 68.0 Å². The molecule has 0 fully saturated rings. The first-order valence-corrected chi connectivity index (χ1v) is 6.27. The van der Waals surface area contributed by atoms with Crippen molar-refractivity contribution in [2.45, 2.75) is 6.42 Å². The Labute approximate surface area is 116 Å². The van der Waals surface area contributed by atoms with Crippen LogP contribution in [0.4, 0.5) is 5.69 Å². The van der Waals surface area contributed by atoms with Gasteiger partial charge in [-0.25, -0.2) is 4.98 Å². The summed E-state index contributed by atoms with van der Waals surface area (Å²) in [5.41, 5.74) is 7.76. The van der Waals surface area contributed by atoms with Gasteiger partial charge in [-0.1, -0.05) is 23.7 Å². The highest BCUT2D eigenvalue weighted by Gasteiger charge is 2.01. The van der Waals surface area contributed by atoms with Crippen molar-refractivity contribution in [3.05, 3.63) is 58.9 Å². The SMILES string of the molecule is NC(=O)c1cccc(CCNc2ccnc(Cl)c2)c1. The molecule has 5 heteroatoms. The Bertz CT molecular complexity index is 586. The van der Waals surface area contributed by atoms with Gasteiger partial charge in [0.1, 0.15) is 5.15 Å². The van der Waals surface area contributed by atoms with Gasteiger partial charge in [0, 0.05) is 24.0 Å². The fourth-order valence-corrected chi connectivity index (χ4v) is 1.92. The number of nitrogens with zero attached hydrogens (tertiary/aromatic N) is 1. The zero-order valence-corrected chi connectivity index (χ0v) is 11.0. The number of halogens is 1. The van der Waals surface area contributed by atoms with E-state index in [4.69, 9.17) is 17.3 Å². The summed E-state index contributed by atoms with van der Waals surface area (Å²) in [6, 6.07) is 10.9. The minimum absolute atomic E-state index is 0.407. The Hall–Kier alpha value is -2.07. The molecule has 1 amide bonds. The summed E-state index contributed by atoms with van der Waals surface area (Å²) in [5, 5.41) is 3.70. The van der Waals surface area contributed by atoms with Crippen molar-refractivity contribution < 1.29 is 4.79 Å². The molecule has 0 aliphatic heterocycles. The van der Waals surface area contributed by atoms with E-state index in [9.17, 15) is 4.79 Å². The Kier molecular flexibility index (Phi) is 4.36. The monoisotopic (exact) mass is 275 g/mol. The van der Waals surface area contributed by atoms with Gasteiger partial charge in [-0.3, -0.25) is 4.79 Å². The number of rotatable bonds is 5. The molecule has 0 unspecified atom stereocenters. The second-order valence-electron chi connectivity index (χ2n) is 4.11. The van der Waals surface area contributed by atoms with E-state index in [0.29, 0.717) is 10.7 Å². The molecule has 3 N–H and O–H groups in total. The lowest BCUT2D eigenvalue weighted by molar-refractivity contribution is 0.1000. The first kappa shape index (κ1) is 13.4. The van der Waals surface area contributed by atoms with Crippen LogP contribution in [0.5, 0.6) is 0 Å². The first-order valence-electron chi connectivity index (χ1n) is 5.89. The van der Waals surface area contributed by atoms with Crippen LogP contribution in [0, 0.1) is 0 Å². The highest BCUT2D eigenvalue weighted by atomic mass is 35.5. The quantitative estimate of drug-likeness (QED) is 0.824. The Morgan fingerprint density at radius 3 is 2.89 bits per heavy atom. The fraction of sp³-hybridized carbons (Fsp3) is 0.143. The lowest BCUT2D eigenvalue weighted by atomic mass is 10.1. The standard InChI is InChI=1S/C14H14ClN3O/c15-13-9-12(5-7-18-13)17-6-4-10-2-1-3-11(8-10)14(16)19/h1-3,5,7-9H,4,6H2,(H2,16,19)(H,17,18). The van der Waals surface area contributed by atoms with Crippen molar-refractivity contribution in [1.29, 1.82) is 0 Å². The second-order valence-corrected chi connectivity index (χ2v) is 4.50. The molecule has 0 atom stereocenters. The van der Waals surface area contributed by atoms with Crippen molar-refractivity contribution in [1.82, 2.24) is 4.98 Å². The molecular formula is C14H14ClN3O. The number of anilines is 1. The van der Waals surface area contributed by atoms with Crippen LogP contribution in [0.1, 0.15) is 15.9 Å². The van der Waals surface area contributed by atoms with E-state index in [1.54, 1.807) is 18.3 Å². The smallest absolute Gasteiger partial charge is 0.248 e. The van der Waals surface area contributed by atoms with Crippen LogP contribution in [0.25, 0.3) is 0 Å². The Morgan fingerprint density at radius 1 is 1.32 bits per heavy atom. The third-order valence-electron chi connectivity index (χ3n) is 2.68. The van der Waals surface area contributed by atoms with Crippen molar-refractivity contribution in [2.24, 2.45) is 5.73 Å². The summed E-state index contributed by atoms with van der Waals surface area (Å²) in [4.78, 5) is 15.0. The molecule has 0 saturated carbocycles. The zero-order valence-electron chi connectivity index (χ0n) is 10.3. The number of nitrogens with one attached hydrogen (secondary N) is 1. The van der Waals surface area contributed by atoms with Gasteiger partial charge < -0.3 is 11.1 Å². The number of hydrogen-bond acceptors (Lipinski definition) is 3. The lowest BCUT2D eigenvalue weighted by Crippen LogP contribution is -2.11. The van der Waals surface area contributed by atoms with Crippen molar-refractivity contribution >= 4 is 23.2 Å². The molecule has 0 radical (unpaired) electrons. The summed E-state index contributed by atoms with van der Waals surface area (Å²) in [6.07, 6.45) is 2.44. The molecule has 1 aromatic carbocycles. The second kappa shape index (κ2) is 6.20. The van der Waals surface area contributed by atoms with Gasteiger partial charge in [0.05, 0.1) is 0 Å². The maximum Gasteiger partial charge on any atom is 0.248 e. The van der Waals surface area contributed by atoms with Crippen LogP contribution >= 0.6 is 11.6 Å². The molecule has 1 heterocycles. The molecule has 19 heavy (non-hydrogen) atoms. The molecule has 98 valence electrons. The van der Waals surface area contributed by atoms with Crippen LogP contribution in [0.15, 0.2) is 42.6 Å². The number of amides is 1. The van der Waals surface area contributed by atoms with Gasteiger partial charge in [0.2, 0.25) is 5.91 Å². The van der Waals surface area contributed by atoms with Gasteiger partial charge in [-0.2, -0.15) is 0 Å². The Morgan fingerprint density at radius 2 is 2.16 bits per heavy atom. The van der Waals surface area contributed by atoms with E-state index < -0.39 is 5.91 Å². The van der Waals surface area contributed by atoms with Crippen LogP contribution < -0.4 is 11.1 Å². The summed E-state index contributed by atoms with van der Waals surface area (Å²) < 4.78 is 0. The molecule has 4 nitrogen and oxygen atoms in total. The maximum atomic E-state index is 11.1. The van der Waals surface area contributed by atoms with E-state index in [1.807, 2.05) is 24.3 Å². The number of benzene rings is 1. The number of primary amides is 1. The largest absolute Gasteiger partial charge is 0.385 e. The fourth-order valence-electron chi connectivity index (χ4n) is 1.74. The molecule has 1 aromatic heterocycles. The minimum atomic E-state index is -0.407. The third-order valence-corrected chi connectivity index (χ3v) is 2.89. The van der Waals surface area contributed by atoms with E-state index in [-0.39, 0.29) is 0 Å². The van der Waals surface area contributed by atoms with Gasteiger partial charge in [-0.05, 0) is 36.2 Å². The lowest BCUT2D eigenvalue weighted by Gasteiger charge is -2.07. The maximum absolute atomic E-state index is 11.1. The zero-order chi connectivity index (χ0) is 13.7. The van der Waals surface area contributed by atoms with Gasteiger partial charge in [-0.15, -0.1) is 0 Å². The number of aromatic nitrogens is 1. The molecule has 0 saturated heterocycles. The van der Waals surface area contributed by atoms with Crippen molar-refractivity contribution in [3.63, 3.8) is 0 Å². The number of hydrogen-bond donors (Lipinski definition) is 2. The normalized spacial score (nSPS) is 10.2. The van der Waals surface area contributed by atoms with Crippen LogP contribution in [-0.2, 0) is 6.42 Å². The summed E-state index contributed by atoms with van der Waals surface area (Å²) in [7, 11) is 0. The van der Waals surface area contributed by atoms with E-state index in [1.165, 1.54) is 0 Å². The molecule has 0 bridgehead atoms. The predicted octanol–water partition coefficient (Wildman–Crippen LogP) is 2.49. The summed E-state index contributed by atoms with van der Waals surface area (Å²) >= 11 is 5.79. The number of carbonyl (C=O) groups is 1. The number of nitrogens with two attached hydrogens (primary N) is 1. The summed E-state index contributed by atoms with van der Waals surface area (Å²) in [5.74, 6) is -0.407. The van der Waals surface area contributed by atoms with E-state index in [2.05, 4.69) is 10.3 Å². The van der Waals surface area contributed by atoms with E-state index >= 15 is 0 Å². The number of carbonyl (C=O) groups excluding carboxylic acids is 1. The van der Waals surface area contributed by atoms with Gasteiger partial charge >= 0.3 is 0 Å². The van der Waals surface area contributed by atoms with Gasteiger partial charge in [0.15, 0.2) is 0 Å². The average Bonchev–Trinajstić information content (AvgIpc) is 2.39. The molecule has 2 rings (SSSR count). The first-order chi connectivity index (χ1) is 9.15. The highest BCUT2D eigenvalue weighted by molar-refractivity contribution is 6.29. The van der Waals surface area contributed by atoms with Crippen LogP contribution in [0.2, 0.25) is 5.15 Å². The molecule has 2 aromatic rings. The van der Waals surface area contributed by atoms with Gasteiger partial charge in [0.25, 0.3) is 0 Å². The number of pyridine rings is 1. The average molecular weight is 276 g/mol. The van der Waals surface area contributed by atoms with Crippen LogP contribution in [0.3, 0.4) is 0 Å². The van der Waals surface area contributed by atoms with Crippen LogP contribution in [-0.4, -0.2) is 17.4 Å². The van der Waals surface area contributed by atoms with Crippen molar-refractivity contribution in [2.75, 3.05) is 11.9 Å². The van der Waals surface area contributed by atoms with E-state index in [0.717, 1.165) is 24.2 Å². The molecular weight excluding hydrogens is 262 g/mol. The highest BCUT2D eigenvalue weighted by Crippen LogP contribution is 2.12. The minimum Gasteiger partial charge on any atom is -0.385 e. The molecule has 0 spiro atoms.